The average molecular weight is 503 g/mol. The summed E-state index contributed by atoms with van der Waals surface area (Å²) in [5.41, 5.74) is -1.32. The lowest BCUT2D eigenvalue weighted by molar-refractivity contribution is -0.138. The van der Waals surface area contributed by atoms with Crippen LogP contribution in [-0.4, -0.2) is 92.0 Å². The standard InChI is InChI=1S/C23H30N6O7/c1-15(14-30)36-17-6-4-16(5-7-17)29-9-8-18(25-21(29)33)24-20(32)28-12-10-27(11-13-28)19(31)23(2,3)26-22(34)35/h4-9,15,26,30H,10-14H2,1-3H3,(H,34,35)(H,24,25,32,33). The number of hydrogen-bond donors (Lipinski definition) is 4. The molecule has 4 amide bonds. The summed E-state index contributed by atoms with van der Waals surface area (Å²) in [7, 11) is 0. The van der Waals surface area contributed by atoms with Crippen LogP contribution in [0.5, 0.6) is 5.75 Å². The van der Waals surface area contributed by atoms with Crippen molar-refractivity contribution in [3.63, 3.8) is 0 Å². The van der Waals surface area contributed by atoms with E-state index in [0.717, 1.165) is 0 Å². The molecular weight excluding hydrogens is 472 g/mol. The second-order valence-electron chi connectivity index (χ2n) is 8.83. The number of piperazine rings is 1. The van der Waals surface area contributed by atoms with Crippen LogP contribution in [0.15, 0.2) is 41.3 Å². The van der Waals surface area contributed by atoms with E-state index in [1.54, 1.807) is 31.2 Å². The molecule has 0 bridgehead atoms. The van der Waals surface area contributed by atoms with E-state index < -0.39 is 23.4 Å². The van der Waals surface area contributed by atoms with Crippen LogP contribution in [0, 0.1) is 0 Å². The highest BCUT2D eigenvalue weighted by Crippen LogP contribution is 2.16. The SMILES string of the molecule is CC(CO)Oc1ccc(-n2ccc(NC(=O)N3CCN(C(=O)C(C)(C)NC(=O)O)CC3)nc2=O)cc1. The number of anilines is 1. The molecule has 2 heterocycles. The largest absolute Gasteiger partial charge is 0.488 e. The lowest BCUT2D eigenvalue weighted by Crippen LogP contribution is -2.60. The molecule has 194 valence electrons. The van der Waals surface area contributed by atoms with E-state index in [4.69, 9.17) is 14.9 Å². The maximum Gasteiger partial charge on any atom is 0.405 e. The number of carboxylic acid groups (broad SMARTS) is 1. The molecule has 1 saturated heterocycles. The number of aliphatic hydroxyl groups excluding tert-OH is 1. The predicted molar refractivity (Wildman–Crippen MR) is 129 cm³/mol. The van der Waals surface area contributed by atoms with Crippen LogP contribution < -0.4 is 21.1 Å². The maximum absolute atomic E-state index is 12.6. The number of nitrogens with zero attached hydrogens (tertiary/aromatic N) is 4. The smallest absolute Gasteiger partial charge is 0.405 e. The van der Waals surface area contributed by atoms with E-state index in [0.29, 0.717) is 11.4 Å². The zero-order valence-electron chi connectivity index (χ0n) is 20.3. The molecule has 13 heteroatoms. The Labute approximate surface area is 207 Å². The predicted octanol–water partition coefficient (Wildman–Crippen LogP) is 0.714. The van der Waals surface area contributed by atoms with E-state index >= 15 is 0 Å². The van der Waals surface area contributed by atoms with Gasteiger partial charge in [0.1, 0.15) is 23.2 Å². The van der Waals surface area contributed by atoms with Gasteiger partial charge in [0.15, 0.2) is 0 Å². The molecule has 13 nitrogen and oxygen atoms in total. The number of urea groups is 1. The van der Waals surface area contributed by atoms with Gasteiger partial charge in [-0.25, -0.2) is 14.4 Å². The van der Waals surface area contributed by atoms with Crippen molar-refractivity contribution in [3.8, 4) is 11.4 Å². The third-order valence-electron chi connectivity index (χ3n) is 5.56. The van der Waals surface area contributed by atoms with Crippen molar-refractivity contribution in [2.75, 3.05) is 38.1 Å². The van der Waals surface area contributed by atoms with Crippen molar-refractivity contribution in [1.82, 2.24) is 24.7 Å². The molecule has 1 aromatic carbocycles. The molecule has 1 aliphatic rings. The molecule has 0 saturated carbocycles. The van der Waals surface area contributed by atoms with E-state index in [2.05, 4.69) is 15.6 Å². The maximum atomic E-state index is 12.6. The van der Waals surface area contributed by atoms with Crippen LogP contribution in [0.2, 0.25) is 0 Å². The van der Waals surface area contributed by atoms with Crippen LogP contribution >= 0.6 is 0 Å². The van der Waals surface area contributed by atoms with Crippen molar-refractivity contribution in [2.24, 2.45) is 0 Å². The third-order valence-corrected chi connectivity index (χ3v) is 5.56. The number of rotatable bonds is 7. The minimum atomic E-state index is -1.29. The molecule has 1 aromatic heterocycles. The number of benzene rings is 1. The summed E-state index contributed by atoms with van der Waals surface area (Å²) in [6, 6.07) is 7.73. The van der Waals surface area contributed by atoms with Gasteiger partial charge in [0, 0.05) is 32.4 Å². The number of nitrogens with one attached hydrogen (secondary N) is 2. The number of aromatic nitrogens is 2. The Bertz CT molecular complexity index is 1160. The first-order chi connectivity index (χ1) is 17.0. The van der Waals surface area contributed by atoms with Crippen molar-refractivity contribution in [3.05, 3.63) is 47.0 Å². The van der Waals surface area contributed by atoms with E-state index in [1.165, 1.54) is 40.5 Å². The van der Waals surface area contributed by atoms with E-state index in [9.17, 15) is 19.2 Å². The number of carbonyl (C=O) groups is 3. The second-order valence-corrected chi connectivity index (χ2v) is 8.83. The highest BCUT2D eigenvalue weighted by atomic mass is 16.5. The third kappa shape index (κ3) is 6.50. The molecule has 1 unspecified atom stereocenters. The summed E-state index contributed by atoms with van der Waals surface area (Å²) in [6.45, 7) is 5.53. The number of carbonyl (C=O) groups excluding carboxylic acids is 2. The van der Waals surface area contributed by atoms with Crippen LogP contribution in [0.25, 0.3) is 5.69 Å². The Morgan fingerprint density at radius 3 is 2.25 bits per heavy atom. The quantitative estimate of drug-likeness (QED) is 0.430. The second kappa shape index (κ2) is 11.1. The highest BCUT2D eigenvalue weighted by Gasteiger charge is 2.35. The van der Waals surface area contributed by atoms with Gasteiger partial charge >= 0.3 is 17.8 Å². The highest BCUT2D eigenvalue weighted by molar-refractivity contribution is 5.90. The lowest BCUT2D eigenvalue weighted by atomic mass is 10.0. The Morgan fingerprint density at radius 1 is 1.08 bits per heavy atom. The Balaban J connectivity index is 1.58. The number of aliphatic hydroxyl groups is 1. The molecule has 1 fully saturated rings. The normalized spacial score (nSPS) is 14.7. The van der Waals surface area contributed by atoms with Gasteiger partial charge in [-0.05, 0) is 51.1 Å². The lowest BCUT2D eigenvalue weighted by Gasteiger charge is -2.38. The van der Waals surface area contributed by atoms with E-state index in [-0.39, 0.29) is 50.6 Å². The zero-order chi connectivity index (χ0) is 26.5. The van der Waals surface area contributed by atoms with E-state index in [1.807, 2.05) is 0 Å². The summed E-state index contributed by atoms with van der Waals surface area (Å²) < 4.78 is 6.81. The summed E-state index contributed by atoms with van der Waals surface area (Å²) in [5.74, 6) is 0.259. The molecule has 0 spiro atoms. The fourth-order valence-electron chi connectivity index (χ4n) is 3.64. The number of amides is 4. The molecule has 1 atom stereocenters. The minimum Gasteiger partial charge on any atom is -0.488 e. The average Bonchev–Trinajstić information content (AvgIpc) is 2.83. The van der Waals surface area contributed by atoms with Crippen molar-refractivity contribution in [2.45, 2.75) is 32.4 Å². The monoisotopic (exact) mass is 502 g/mol. The fraction of sp³-hybridized carbons (Fsp3) is 0.435. The first-order valence-electron chi connectivity index (χ1n) is 11.3. The molecule has 1 aliphatic heterocycles. The summed E-state index contributed by atoms with van der Waals surface area (Å²) in [4.78, 5) is 55.6. The molecule has 3 rings (SSSR count). The fourth-order valence-corrected chi connectivity index (χ4v) is 3.64. The van der Waals surface area contributed by atoms with Gasteiger partial charge in [0.05, 0.1) is 12.3 Å². The summed E-state index contributed by atoms with van der Waals surface area (Å²) in [5, 5.41) is 22.8. The first-order valence-corrected chi connectivity index (χ1v) is 11.3. The van der Waals surface area contributed by atoms with Crippen molar-refractivity contribution < 1.29 is 29.3 Å². The molecule has 0 radical (unpaired) electrons. The summed E-state index contributed by atoms with van der Waals surface area (Å²) in [6.07, 6.45) is -0.155. The Hall–Kier alpha value is -4.13. The topological polar surface area (TPSA) is 166 Å². The van der Waals surface area contributed by atoms with Crippen LogP contribution in [0.1, 0.15) is 20.8 Å². The van der Waals surface area contributed by atoms with Gasteiger partial charge in [-0.1, -0.05) is 0 Å². The van der Waals surface area contributed by atoms with Crippen LogP contribution in [-0.2, 0) is 4.79 Å². The van der Waals surface area contributed by atoms with Gasteiger partial charge in [0.2, 0.25) is 5.91 Å². The molecular formula is C23H30N6O7. The van der Waals surface area contributed by atoms with Gasteiger partial charge < -0.3 is 30.1 Å². The molecule has 2 aromatic rings. The van der Waals surface area contributed by atoms with Gasteiger partial charge in [0.25, 0.3) is 0 Å². The van der Waals surface area contributed by atoms with Crippen molar-refractivity contribution in [1.29, 1.82) is 0 Å². The van der Waals surface area contributed by atoms with Gasteiger partial charge in [-0.2, -0.15) is 4.98 Å². The Morgan fingerprint density at radius 2 is 1.69 bits per heavy atom. The minimum absolute atomic E-state index is 0.0864. The zero-order valence-corrected chi connectivity index (χ0v) is 20.3. The molecule has 0 aliphatic carbocycles. The van der Waals surface area contributed by atoms with Crippen LogP contribution in [0.4, 0.5) is 15.4 Å². The van der Waals surface area contributed by atoms with Gasteiger partial charge in [-0.3, -0.25) is 14.7 Å². The Kier molecular flexibility index (Phi) is 8.14. The number of hydrogen-bond acceptors (Lipinski definition) is 7. The molecule has 36 heavy (non-hydrogen) atoms. The first kappa shape index (κ1) is 26.5. The van der Waals surface area contributed by atoms with Crippen LogP contribution in [0.3, 0.4) is 0 Å². The number of ether oxygens (including phenoxy) is 1. The molecule has 4 N–H and O–H groups in total. The van der Waals surface area contributed by atoms with Gasteiger partial charge in [-0.15, -0.1) is 0 Å². The van der Waals surface area contributed by atoms with Crippen molar-refractivity contribution >= 4 is 23.8 Å². The summed E-state index contributed by atoms with van der Waals surface area (Å²) >= 11 is 0.